The number of likely N-dealkylation sites (N-methyl/N-ethyl adjacent to an activating group) is 1. The highest BCUT2D eigenvalue weighted by Gasteiger charge is 2.46. The zero-order chi connectivity index (χ0) is 23.8. The molecule has 1 amide bonds. The molecule has 176 valence electrons. The smallest absolute Gasteiger partial charge is 0.456 e. The second kappa shape index (κ2) is 8.61. The van der Waals surface area contributed by atoms with E-state index < -0.39 is 23.3 Å². The van der Waals surface area contributed by atoms with Crippen LogP contribution in [0.1, 0.15) is 62.3 Å². The van der Waals surface area contributed by atoms with E-state index in [9.17, 15) is 14.4 Å². The highest BCUT2D eigenvalue weighted by atomic mass is 16.7. The van der Waals surface area contributed by atoms with Crippen molar-refractivity contribution in [2.75, 3.05) is 33.2 Å². The number of furan rings is 2. The zero-order valence-electron chi connectivity index (χ0n) is 19.8. The first kappa shape index (κ1) is 23.8. The van der Waals surface area contributed by atoms with Crippen LogP contribution < -0.4 is 0 Å². The fourth-order valence-corrected chi connectivity index (χ4v) is 3.39. The minimum absolute atomic E-state index is 0.0973. The first-order chi connectivity index (χ1) is 14.8. The maximum Gasteiger partial charge on any atom is 0.509 e. The van der Waals surface area contributed by atoms with Crippen LogP contribution >= 0.6 is 0 Å². The van der Waals surface area contributed by atoms with E-state index in [1.165, 1.54) is 0 Å². The molecule has 0 saturated carbocycles. The Kier molecular flexibility index (Phi) is 6.42. The third kappa shape index (κ3) is 4.67. The van der Waals surface area contributed by atoms with Crippen LogP contribution in [-0.2, 0) is 14.2 Å². The van der Waals surface area contributed by atoms with Crippen LogP contribution in [0.5, 0.6) is 0 Å². The molecule has 0 atom stereocenters. The molecule has 32 heavy (non-hydrogen) atoms. The lowest BCUT2D eigenvalue weighted by Crippen LogP contribution is -2.52. The Morgan fingerprint density at radius 2 is 1.44 bits per heavy atom. The van der Waals surface area contributed by atoms with Crippen molar-refractivity contribution in [3.8, 4) is 0 Å². The monoisotopic (exact) mass is 448 g/mol. The summed E-state index contributed by atoms with van der Waals surface area (Å²) in [6.45, 7) is 12.6. The number of esters is 1. The molecular weight excluding hydrogens is 416 g/mol. The van der Waals surface area contributed by atoms with Gasteiger partial charge in [0.2, 0.25) is 0 Å². The Hall–Kier alpha value is -2.81. The number of benzene rings is 1. The molecule has 0 radical (unpaired) electrons. The van der Waals surface area contributed by atoms with Gasteiger partial charge in [0, 0.05) is 26.2 Å². The number of carbonyl (C=O) groups excluding carboxylic acids is 3. The fourth-order valence-electron chi connectivity index (χ4n) is 3.39. The van der Waals surface area contributed by atoms with Crippen LogP contribution in [0.15, 0.2) is 16.5 Å². The maximum atomic E-state index is 13.2. The van der Waals surface area contributed by atoms with Gasteiger partial charge in [0.25, 0.3) is 5.91 Å². The van der Waals surface area contributed by atoms with E-state index in [4.69, 9.17) is 18.6 Å². The Labute approximate surface area is 187 Å². The number of rotatable bonds is 6. The molecule has 1 fully saturated rings. The summed E-state index contributed by atoms with van der Waals surface area (Å²) in [4.78, 5) is 42.3. The standard InChI is InChI=1S/C23H32N2O7/c1-14(2)29-21(28)32-23(5,6)22(3,4)31-20(27)18-16-9-8-15(30-16)17(18)19(26)25-12-10-24(7)11-13-25/h8-9,14H,10-13H2,1-7H3. The van der Waals surface area contributed by atoms with E-state index in [0.29, 0.717) is 18.7 Å². The van der Waals surface area contributed by atoms with Crippen molar-refractivity contribution in [1.82, 2.24) is 9.80 Å². The maximum absolute atomic E-state index is 13.2. The predicted octanol–water partition coefficient (Wildman–Crippen LogP) is 3.53. The van der Waals surface area contributed by atoms with Crippen LogP contribution in [0.2, 0.25) is 0 Å². The summed E-state index contributed by atoms with van der Waals surface area (Å²) < 4.78 is 21.9. The average molecular weight is 449 g/mol. The average Bonchev–Trinajstić information content (AvgIpc) is 3.27. The molecule has 9 heteroatoms. The van der Waals surface area contributed by atoms with Crippen LogP contribution in [0, 0.1) is 0 Å². The van der Waals surface area contributed by atoms with Gasteiger partial charge in [0.05, 0.1) is 6.10 Å². The van der Waals surface area contributed by atoms with E-state index in [2.05, 4.69) is 4.90 Å². The van der Waals surface area contributed by atoms with Gasteiger partial charge in [-0.3, -0.25) is 4.79 Å². The highest BCUT2D eigenvalue weighted by molar-refractivity contribution is 6.14. The lowest BCUT2D eigenvalue weighted by atomic mass is 9.89. The second-order valence-electron chi connectivity index (χ2n) is 9.44. The summed E-state index contributed by atoms with van der Waals surface area (Å²) in [5.74, 6) is -0.969. The first-order valence-electron chi connectivity index (χ1n) is 10.8. The molecule has 0 unspecified atom stereocenters. The number of carbonyl (C=O) groups is 3. The molecule has 2 aromatic rings. The van der Waals surface area contributed by atoms with Crippen molar-refractivity contribution in [3.63, 3.8) is 0 Å². The third-order valence-electron chi connectivity index (χ3n) is 6.03. The number of hydrogen-bond acceptors (Lipinski definition) is 8. The van der Waals surface area contributed by atoms with Gasteiger partial charge in [0.1, 0.15) is 33.5 Å². The molecule has 3 rings (SSSR count). The molecular formula is C23H32N2O7. The number of ether oxygens (including phenoxy) is 3. The lowest BCUT2D eigenvalue weighted by molar-refractivity contribution is -0.136. The van der Waals surface area contributed by atoms with Gasteiger partial charge in [0.15, 0.2) is 0 Å². The lowest BCUT2D eigenvalue weighted by Gasteiger charge is -2.39. The molecule has 1 aliphatic heterocycles. The molecule has 9 nitrogen and oxygen atoms in total. The molecule has 0 spiro atoms. The molecule has 0 aliphatic carbocycles. The first-order valence-corrected chi connectivity index (χ1v) is 10.8. The van der Waals surface area contributed by atoms with Crippen molar-refractivity contribution >= 4 is 29.2 Å². The van der Waals surface area contributed by atoms with Crippen molar-refractivity contribution in [2.45, 2.75) is 58.8 Å². The molecule has 1 saturated heterocycles. The molecule has 3 heterocycles. The summed E-state index contributed by atoms with van der Waals surface area (Å²) in [6, 6.07) is 3.32. The fraction of sp³-hybridized carbons (Fsp3) is 0.609. The summed E-state index contributed by atoms with van der Waals surface area (Å²) in [7, 11) is 2.00. The van der Waals surface area contributed by atoms with Gasteiger partial charge in [-0.25, -0.2) is 9.59 Å². The summed E-state index contributed by atoms with van der Waals surface area (Å²) in [5, 5.41) is 0. The van der Waals surface area contributed by atoms with Crippen molar-refractivity contribution in [1.29, 1.82) is 0 Å². The van der Waals surface area contributed by atoms with Gasteiger partial charge in [-0.05, 0) is 60.7 Å². The van der Waals surface area contributed by atoms with Crippen molar-refractivity contribution in [2.24, 2.45) is 0 Å². The number of nitrogens with zero attached hydrogens (tertiary/aromatic N) is 2. The second-order valence-corrected chi connectivity index (χ2v) is 9.44. The number of piperazine rings is 1. The minimum Gasteiger partial charge on any atom is -0.456 e. The SMILES string of the molecule is CC(C)OC(=O)OC(C)(C)C(C)(C)OC(=O)c1c(C(=O)N2CCN(C)CC2)c2ccc1o2. The van der Waals surface area contributed by atoms with Gasteiger partial charge in [-0.1, -0.05) is 0 Å². The minimum atomic E-state index is -1.23. The quantitative estimate of drug-likeness (QED) is 0.619. The predicted molar refractivity (Wildman–Crippen MR) is 117 cm³/mol. The number of fused-ring (bicyclic) bond motifs is 2. The highest BCUT2D eigenvalue weighted by Crippen LogP contribution is 2.35. The molecule has 0 N–H and O–H groups in total. The number of amides is 1. The summed E-state index contributed by atoms with van der Waals surface area (Å²) in [5.41, 5.74) is -1.48. The molecule has 0 aromatic carbocycles. The Morgan fingerprint density at radius 1 is 0.906 bits per heavy atom. The van der Waals surface area contributed by atoms with Gasteiger partial charge in [-0.2, -0.15) is 0 Å². The van der Waals surface area contributed by atoms with Crippen molar-refractivity contribution in [3.05, 3.63) is 23.3 Å². The number of hydrogen-bond donors (Lipinski definition) is 0. The van der Waals surface area contributed by atoms with Crippen LogP contribution in [0.3, 0.4) is 0 Å². The van der Waals surface area contributed by atoms with Gasteiger partial charge < -0.3 is 28.4 Å². The van der Waals surface area contributed by atoms with Crippen LogP contribution in [0.25, 0.3) is 11.2 Å². The summed E-state index contributed by atoms with van der Waals surface area (Å²) in [6.07, 6.45) is -1.20. The third-order valence-corrected chi connectivity index (χ3v) is 6.03. The van der Waals surface area contributed by atoms with Gasteiger partial charge >= 0.3 is 12.1 Å². The normalized spacial score (nSPS) is 15.9. The Balaban J connectivity index is 1.81. The van der Waals surface area contributed by atoms with E-state index in [1.54, 1.807) is 58.6 Å². The molecule has 2 aromatic heterocycles. The Morgan fingerprint density at radius 3 is 2.00 bits per heavy atom. The van der Waals surface area contributed by atoms with Crippen LogP contribution in [0.4, 0.5) is 4.79 Å². The van der Waals surface area contributed by atoms with E-state index in [-0.39, 0.29) is 28.7 Å². The Bertz CT molecular complexity index is 984. The van der Waals surface area contributed by atoms with E-state index in [1.807, 2.05) is 7.05 Å². The van der Waals surface area contributed by atoms with Crippen LogP contribution in [-0.4, -0.2) is 78.4 Å². The zero-order valence-corrected chi connectivity index (χ0v) is 19.8. The summed E-state index contributed by atoms with van der Waals surface area (Å²) >= 11 is 0. The van der Waals surface area contributed by atoms with E-state index in [0.717, 1.165) is 13.1 Å². The topological polar surface area (TPSA) is 98.5 Å². The largest absolute Gasteiger partial charge is 0.509 e. The van der Waals surface area contributed by atoms with Crippen molar-refractivity contribution < 1.29 is 33.0 Å². The molecule has 1 aliphatic rings. The van der Waals surface area contributed by atoms with E-state index >= 15 is 0 Å². The van der Waals surface area contributed by atoms with Gasteiger partial charge in [-0.15, -0.1) is 0 Å². The molecule has 2 bridgehead atoms.